The van der Waals surface area contributed by atoms with E-state index in [4.69, 9.17) is 9.84 Å². The Bertz CT molecular complexity index is 672. The van der Waals surface area contributed by atoms with Crippen molar-refractivity contribution in [2.45, 2.75) is 70.7 Å². The lowest BCUT2D eigenvalue weighted by atomic mass is 9.46. The van der Waals surface area contributed by atoms with E-state index in [0.717, 1.165) is 44.1 Å². The molecule has 4 aliphatic carbocycles. The van der Waals surface area contributed by atoms with Gasteiger partial charge >= 0.3 is 5.97 Å². The predicted molar refractivity (Wildman–Crippen MR) is 96.6 cm³/mol. The molecule has 0 aliphatic heterocycles. The molecule has 2 unspecified atom stereocenters. The van der Waals surface area contributed by atoms with Crippen LogP contribution in [0.1, 0.15) is 58.3 Å². The first-order valence-electron chi connectivity index (χ1n) is 10.2. The second kappa shape index (κ2) is 6.68. The van der Waals surface area contributed by atoms with Crippen molar-refractivity contribution in [2.24, 2.45) is 28.6 Å². The van der Waals surface area contributed by atoms with E-state index < -0.39 is 24.3 Å². The highest BCUT2D eigenvalue weighted by molar-refractivity contribution is 5.91. The van der Waals surface area contributed by atoms with Gasteiger partial charge in [-0.25, -0.2) is 4.79 Å². The second-order valence-electron chi connectivity index (χ2n) is 9.29. The third-order valence-corrected chi connectivity index (χ3v) is 8.32. The summed E-state index contributed by atoms with van der Waals surface area (Å²) in [4.78, 5) is 23.0. The second-order valence-corrected chi connectivity index (χ2v) is 9.29. The number of hydrogen-bond acceptors (Lipinski definition) is 5. The molecule has 27 heavy (non-hydrogen) atoms. The van der Waals surface area contributed by atoms with E-state index in [1.807, 2.05) is 0 Å². The number of ketones is 1. The van der Waals surface area contributed by atoms with Crippen LogP contribution >= 0.6 is 0 Å². The van der Waals surface area contributed by atoms with Crippen molar-refractivity contribution < 1.29 is 29.6 Å². The molecule has 6 heteroatoms. The molecule has 6 nitrogen and oxygen atoms in total. The number of rotatable bonds is 4. The molecular formula is C21H30O6. The van der Waals surface area contributed by atoms with Gasteiger partial charge in [0, 0.05) is 11.8 Å². The van der Waals surface area contributed by atoms with Crippen LogP contribution in [0.3, 0.4) is 0 Å². The first kappa shape index (κ1) is 19.1. The molecule has 0 bridgehead atoms. The number of aliphatic hydroxyl groups is 2. The maximum Gasteiger partial charge on any atom is 0.329 e. The fourth-order valence-electron chi connectivity index (χ4n) is 7.01. The number of carbonyl (C=O) groups excluding carboxylic acids is 1. The standard InChI is InChI=1S/C21H30O6/c1-20-8-7-16-14(15(20)4-5-17(20)23)3-2-12-10-13(22)6-9-21(12,16)19(26)27-11-18(24)25/h10,14-17,19,23,26H,2-9,11H2,1H3,(H,24,25)/t14-,15-,16+,17?,19?,20-,21+/m0/s1. The van der Waals surface area contributed by atoms with Crippen LogP contribution in [0.5, 0.6) is 0 Å². The van der Waals surface area contributed by atoms with Crippen molar-refractivity contribution in [3.8, 4) is 0 Å². The van der Waals surface area contributed by atoms with Crippen LogP contribution in [0, 0.1) is 28.6 Å². The van der Waals surface area contributed by atoms with Gasteiger partial charge < -0.3 is 20.1 Å². The van der Waals surface area contributed by atoms with Gasteiger partial charge in [0.05, 0.1) is 6.10 Å². The topological polar surface area (TPSA) is 104 Å². The van der Waals surface area contributed by atoms with Crippen molar-refractivity contribution in [3.63, 3.8) is 0 Å². The van der Waals surface area contributed by atoms with Gasteiger partial charge in [-0.2, -0.15) is 0 Å². The first-order valence-corrected chi connectivity index (χ1v) is 10.2. The summed E-state index contributed by atoms with van der Waals surface area (Å²) in [5.41, 5.74) is 0.210. The normalized spacial score (nSPS) is 44.7. The van der Waals surface area contributed by atoms with Crippen LogP contribution < -0.4 is 0 Å². The Morgan fingerprint density at radius 2 is 2.00 bits per heavy atom. The molecule has 0 radical (unpaired) electrons. The molecule has 3 fully saturated rings. The molecule has 0 aromatic heterocycles. The number of fused-ring (bicyclic) bond motifs is 5. The highest BCUT2D eigenvalue weighted by atomic mass is 16.6. The molecule has 0 heterocycles. The molecule has 4 rings (SSSR count). The summed E-state index contributed by atoms with van der Waals surface area (Å²) in [7, 11) is 0. The average molecular weight is 378 g/mol. The third-order valence-electron chi connectivity index (χ3n) is 8.32. The van der Waals surface area contributed by atoms with Crippen LogP contribution in [0.2, 0.25) is 0 Å². The molecule has 0 saturated heterocycles. The maximum atomic E-state index is 12.1. The fourth-order valence-corrected chi connectivity index (χ4v) is 7.01. The number of hydrogen-bond donors (Lipinski definition) is 3. The van der Waals surface area contributed by atoms with Crippen molar-refractivity contribution >= 4 is 11.8 Å². The van der Waals surface area contributed by atoms with Crippen LogP contribution in [0.15, 0.2) is 11.6 Å². The van der Waals surface area contributed by atoms with Crippen LogP contribution in [-0.4, -0.2) is 46.1 Å². The summed E-state index contributed by atoms with van der Waals surface area (Å²) < 4.78 is 5.40. The molecule has 0 spiro atoms. The van der Waals surface area contributed by atoms with Gasteiger partial charge in [0.15, 0.2) is 12.1 Å². The Morgan fingerprint density at radius 3 is 2.74 bits per heavy atom. The van der Waals surface area contributed by atoms with Crippen molar-refractivity contribution in [3.05, 3.63) is 11.6 Å². The summed E-state index contributed by atoms with van der Waals surface area (Å²) >= 11 is 0. The van der Waals surface area contributed by atoms with Gasteiger partial charge in [0.2, 0.25) is 0 Å². The number of ether oxygens (including phenoxy) is 1. The highest BCUT2D eigenvalue weighted by Crippen LogP contribution is 2.66. The minimum absolute atomic E-state index is 0.0685. The number of carboxylic acids is 1. The van der Waals surface area contributed by atoms with Crippen LogP contribution in [0.25, 0.3) is 0 Å². The fraction of sp³-hybridized carbons (Fsp3) is 0.810. The van der Waals surface area contributed by atoms with Crippen LogP contribution in [-0.2, 0) is 14.3 Å². The van der Waals surface area contributed by atoms with Gasteiger partial charge in [0.25, 0.3) is 0 Å². The van der Waals surface area contributed by atoms with Gasteiger partial charge in [-0.1, -0.05) is 12.5 Å². The van der Waals surface area contributed by atoms with E-state index in [9.17, 15) is 19.8 Å². The largest absolute Gasteiger partial charge is 0.480 e. The highest BCUT2D eigenvalue weighted by Gasteiger charge is 2.62. The van der Waals surface area contributed by atoms with E-state index in [2.05, 4.69) is 6.92 Å². The zero-order chi connectivity index (χ0) is 19.4. The summed E-state index contributed by atoms with van der Waals surface area (Å²) in [6.45, 7) is 1.66. The average Bonchev–Trinajstić information content (AvgIpc) is 2.94. The smallest absolute Gasteiger partial charge is 0.329 e. The van der Waals surface area contributed by atoms with Crippen LogP contribution in [0.4, 0.5) is 0 Å². The molecular weight excluding hydrogens is 348 g/mol. The van der Waals surface area contributed by atoms with Crippen molar-refractivity contribution in [2.75, 3.05) is 6.61 Å². The summed E-state index contributed by atoms with van der Waals surface area (Å²) in [6, 6.07) is 0. The van der Waals surface area contributed by atoms with E-state index in [-0.39, 0.29) is 23.2 Å². The number of carbonyl (C=O) groups is 2. The Hall–Kier alpha value is -1.24. The Labute approximate surface area is 159 Å². The lowest BCUT2D eigenvalue weighted by Gasteiger charge is -2.59. The monoisotopic (exact) mass is 378 g/mol. The van der Waals surface area contributed by atoms with E-state index in [1.54, 1.807) is 6.08 Å². The third kappa shape index (κ3) is 2.79. The van der Waals surface area contributed by atoms with E-state index >= 15 is 0 Å². The quantitative estimate of drug-likeness (QED) is 0.649. The minimum Gasteiger partial charge on any atom is -0.480 e. The Balaban J connectivity index is 1.70. The number of carboxylic acid groups (broad SMARTS) is 1. The van der Waals surface area contributed by atoms with E-state index in [0.29, 0.717) is 24.7 Å². The Kier molecular flexibility index (Phi) is 4.72. The number of aliphatic carboxylic acids is 1. The van der Waals surface area contributed by atoms with Gasteiger partial charge in [-0.05, 0) is 74.2 Å². The molecule has 0 aromatic rings. The molecule has 7 atom stereocenters. The summed E-state index contributed by atoms with van der Waals surface area (Å²) in [5.74, 6) is -0.0760. The molecule has 3 N–H and O–H groups in total. The molecule has 0 aromatic carbocycles. The summed E-state index contributed by atoms with van der Waals surface area (Å²) in [5, 5.41) is 30.6. The van der Waals surface area contributed by atoms with Gasteiger partial charge in [-0.3, -0.25) is 4.79 Å². The molecule has 150 valence electrons. The zero-order valence-electron chi connectivity index (χ0n) is 15.9. The SMILES string of the molecule is C[C@]12CC[C@@H]3[C@@H](CCC4=CC(=O)CC[C@@]43C(O)OCC(=O)O)[C@@H]1CCC2O. The zero-order valence-corrected chi connectivity index (χ0v) is 15.9. The van der Waals surface area contributed by atoms with Crippen molar-refractivity contribution in [1.82, 2.24) is 0 Å². The molecule has 3 saturated carbocycles. The predicted octanol–water partition coefficient (Wildman–Crippen LogP) is 2.28. The first-order chi connectivity index (χ1) is 12.8. The lowest BCUT2D eigenvalue weighted by Crippen LogP contribution is -2.57. The van der Waals surface area contributed by atoms with Gasteiger partial charge in [0.1, 0.15) is 6.61 Å². The molecule has 4 aliphatic rings. The minimum atomic E-state index is -1.21. The molecule has 0 amide bonds. The summed E-state index contributed by atoms with van der Waals surface area (Å²) in [6.07, 6.45) is 6.39. The van der Waals surface area contributed by atoms with E-state index in [1.165, 1.54) is 0 Å². The Morgan fingerprint density at radius 1 is 1.22 bits per heavy atom. The van der Waals surface area contributed by atoms with Gasteiger partial charge in [-0.15, -0.1) is 0 Å². The maximum absolute atomic E-state index is 12.1. The lowest BCUT2D eigenvalue weighted by molar-refractivity contribution is -0.215. The van der Waals surface area contributed by atoms with Crippen molar-refractivity contribution in [1.29, 1.82) is 0 Å². The number of aliphatic hydroxyl groups excluding tert-OH is 2.